The Hall–Kier alpha value is -2.67. The molecule has 1 aromatic carbocycles. The third-order valence-electron chi connectivity index (χ3n) is 5.25. The number of pyridine rings is 1. The molecule has 0 aliphatic carbocycles. The van der Waals surface area contributed by atoms with Gasteiger partial charge in [0.2, 0.25) is 0 Å². The fraction of sp³-hybridized carbons (Fsp3) is 0.368. The van der Waals surface area contributed by atoms with Crippen LogP contribution in [0, 0.1) is 5.82 Å². The van der Waals surface area contributed by atoms with Crippen molar-refractivity contribution in [2.45, 2.75) is 30.6 Å². The lowest BCUT2D eigenvalue weighted by Crippen LogP contribution is -2.55. The predicted molar refractivity (Wildman–Crippen MR) is 92.3 cm³/mol. The van der Waals surface area contributed by atoms with Crippen LogP contribution in [-0.4, -0.2) is 36.4 Å². The third kappa shape index (κ3) is 2.27. The van der Waals surface area contributed by atoms with E-state index < -0.39 is 5.54 Å². The third-order valence-corrected chi connectivity index (χ3v) is 5.25. The van der Waals surface area contributed by atoms with Gasteiger partial charge in [0, 0.05) is 23.9 Å². The molecule has 0 radical (unpaired) electrons. The van der Waals surface area contributed by atoms with Crippen LogP contribution in [0.4, 0.5) is 4.39 Å². The van der Waals surface area contributed by atoms with Gasteiger partial charge in [-0.15, -0.1) is 0 Å². The number of fused-ring (bicyclic) bond motifs is 4. The summed E-state index contributed by atoms with van der Waals surface area (Å²) in [6, 6.07) is 7.35. The minimum atomic E-state index is -0.737. The second-order valence-corrected chi connectivity index (χ2v) is 6.86. The molecule has 0 amide bonds. The average molecular weight is 355 g/mol. The van der Waals surface area contributed by atoms with Crippen LogP contribution in [0.15, 0.2) is 41.7 Å². The molecule has 4 heterocycles. The minimum Gasteiger partial charge on any atom is -0.487 e. The van der Waals surface area contributed by atoms with Gasteiger partial charge in [-0.25, -0.2) is 9.38 Å². The highest BCUT2D eigenvalue weighted by atomic mass is 19.1. The Balaban J connectivity index is 1.67. The number of halogens is 1. The standard InChI is InChI=1S/C19H18FN3O3/c20-13-6-12(8-22-9-13)11-3-4-15-14(7-11)19(10-25-18(21)23-19)17-16(26-15)2-1-5-24-17/h3-4,6-9,16-17H,1-2,5,10H2,(H2,21,23). The number of rotatable bonds is 1. The van der Waals surface area contributed by atoms with E-state index in [1.54, 1.807) is 6.20 Å². The van der Waals surface area contributed by atoms with E-state index in [-0.39, 0.29) is 24.0 Å². The highest BCUT2D eigenvalue weighted by Crippen LogP contribution is 2.49. The molecule has 1 fully saturated rings. The molecule has 26 heavy (non-hydrogen) atoms. The van der Waals surface area contributed by atoms with E-state index in [1.807, 2.05) is 18.2 Å². The number of hydrogen-bond acceptors (Lipinski definition) is 6. The molecular formula is C19H18FN3O3. The smallest absolute Gasteiger partial charge is 0.283 e. The van der Waals surface area contributed by atoms with Gasteiger partial charge in [0.15, 0.2) is 5.54 Å². The van der Waals surface area contributed by atoms with Crippen molar-refractivity contribution in [3.05, 3.63) is 48.0 Å². The van der Waals surface area contributed by atoms with Crippen LogP contribution in [-0.2, 0) is 15.0 Å². The molecule has 5 rings (SSSR count). The SMILES string of the molecule is NC1=NC2(CO1)c1cc(-c3cncc(F)c3)ccc1OC1CCCOC12. The first-order valence-corrected chi connectivity index (χ1v) is 8.67. The Morgan fingerprint density at radius 3 is 2.92 bits per heavy atom. The number of aromatic nitrogens is 1. The zero-order chi connectivity index (χ0) is 17.7. The zero-order valence-corrected chi connectivity index (χ0v) is 14.0. The normalized spacial score (nSPS) is 29.3. The highest BCUT2D eigenvalue weighted by molar-refractivity contribution is 5.75. The van der Waals surface area contributed by atoms with Crippen LogP contribution in [0.1, 0.15) is 18.4 Å². The molecule has 6 nitrogen and oxygen atoms in total. The van der Waals surface area contributed by atoms with Crippen LogP contribution in [0.5, 0.6) is 5.75 Å². The summed E-state index contributed by atoms with van der Waals surface area (Å²) < 4.78 is 31.4. The van der Waals surface area contributed by atoms with E-state index in [2.05, 4.69) is 9.98 Å². The summed E-state index contributed by atoms with van der Waals surface area (Å²) in [5.41, 5.74) is 7.49. The molecule has 134 valence electrons. The summed E-state index contributed by atoms with van der Waals surface area (Å²) >= 11 is 0. The lowest BCUT2D eigenvalue weighted by molar-refractivity contribution is -0.117. The van der Waals surface area contributed by atoms with Crippen molar-refractivity contribution >= 4 is 6.02 Å². The summed E-state index contributed by atoms with van der Waals surface area (Å²) in [7, 11) is 0. The van der Waals surface area contributed by atoms with Crippen LogP contribution in [0.25, 0.3) is 11.1 Å². The van der Waals surface area contributed by atoms with E-state index in [9.17, 15) is 4.39 Å². The Morgan fingerprint density at radius 2 is 2.12 bits per heavy atom. The summed E-state index contributed by atoms with van der Waals surface area (Å²) in [5.74, 6) is 0.361. The summed E-state index contributed by atoms with van der Waals surface area (Å²) in [6.07, 6.45) is 4.31. The highest BCUT2D eigenvalue weighted by Gasteiger charge is 2.55. The first-order chi connectivity index (χ1) is 12.7. The molecule has 3 aliphatic heterocycles. The first kappa shape index (κ1) is 15.6. The molecule has 3 aliphatic rings. The second kappa shape index (κ2) is 5.67. The monoisotopic (exact) mass is 355 g/mol. The summed E-state index contributed by atoms with van der Waals surface area (Å²) in [5, 5.41) is 0. The topological polar surface area (TPSA) is 79.0 Å². The van der Waals surface area contributed by atoms with Gasteiger partial charge in [0.25, 0.3) is 6.02 Å². The maximum atomic E-state index is 13.6. The fourth-order valence-electron chi connectivity index (χ4n) is 4.09. The molecule has 1 spiro atoms. The zero-order valence-electron chi connectivity index (χ0n) is 14.0. The molecule has 0 bridgehead atoms. The molecule has 7 heteroatoms. The Morgan fingerprint density at radius 1 is 1.19 bits per heavy atom. The van der Waals surface area contributed by atoms with Crippen LogP contribution >= 0.6 is 0 Å². The Kier molecular flexibility index (Phi) is 3.40. The van der Waals surface area contributed by atoms with Crippen molar-refractivity contribution in [2.75, 3.05) is 13.2 Å². The van der Waals surface area contributed by atoms with Crippen molar-refractivity contribution in [1.29, 1.82) is 0 Å². The summed E-state index contributed by atoms with van der Waals surface area (Å²) in [6.45, 7) is 0.964. The molecule has 0 saturated carbocycles. The van der Waals surface area contributed by atoms with Gasteiger partial charge in [0.1, 0.15) is 30.4 Å². The van der Waals surface area contributed by atoms with Gasteiger partial charge >= 0.3 is 0 Å². The van der Waals surface area contributed by atoms with Gasteiger partial charge in [0.05, 0.1) is 6.20 Å². The number of nitrogens with zero attached hydrogens (tertiary/aromatic N) is 2. The molecule has 1 aromatic heterocycles. The maximum Gasteiger partial charge on any atom is 0.283 e. The van der Waals surface area contributed by atoms with Gasteiger partial charge < -0.3 is 19.9 Å². The van der Waals surface area contributed by atoms with Gasteiger partial charge in [-0.05, 0) is 36.6 Å². The quantitative estimate of drug-likeness (QED) is 0.850. The van der Waals surface area contributed by atoms with Crippen molar-refractivity contribution in [2.24, 2.45) is 10.7 Å². The van der Waals surface area contributed by atoms with E-state index in [0.717, 1.165) is 29.7 Å². The lowest BCUT2D eigenvalue weighted by Gasteiger charge is -2.45. The summed E-state index contributed by atoms with van der Waals surface area (Å²) in [4.78, 5) is 8.57. The molecule has 2 N–H and O–H groups in total. The van der Waals surface area contributed by atoms with Gasteiger partial charge in [-0.3, -0.25) is 4.98 Å². The molecule has 1 saturated heterocycles. The van der Waals surface area contributed by atoms with Crippen molar-refractivity contribution in [3.63, 3.8) is 0 Å². The largest absolute Gasteiger partial charge is 0.487 e. The van der Waals surface area contributed by atoms with Crippen LogP contribution < -0.4 is 10.5 Å². The van der Waals surface area contributed by atoms with E-state index in [0.29, 0.717) is 18.8 Å². The molecule has 3 atom stereocenters. The fourth-order valence-corrected chi connectivity index (χ4v) is 4.09. The van der Waals surface area contributed by atoms with Gasteiger partial charge in [-0.2, -0.15) is 0 Å². The number of aliphatic imine (C=N–C) groups is 1. The Labute approximate surface area is 149 Å². The number of nitrogens with two attached hydrogens (primary N) is 1. The van der Waals surface area contributed by atoms with Crippen molar-refractivity contribution < 1.29 is 18.6 Å². The Bertz CT molecular complexity index is 903. The van der Waals surface area contributed by atoms with Crippen LogP contribution in [0.2, 0.25) is 0 Å². The number of hydrogen-bond donors (Lipinski definition) is 1. The maximum absolute atomic E-state index is 13.6. The van der Waals surface area contributed by atoms with Crippen molar-refractivity contribution in [3.8, 4) is 16.9 Å². The molecular weight excluding hydrogens is 337 g/mol. The van der Waals surface area contributed by atoms with Crippen molar-refractivity contribution in [1.82, 2.24) is 4.98 Å². The van der Waals surface area contributed by atoms with E-state index in [4.69, 9.17) is 19.9 Å². The molecule has 2 aromatic rings. The predicted octanol–water partition coefficient (Wildman–Crippen LogP) is 2.37. The molecule has 3 unspecified atom stereocenters. The van der Waals surface area contributed by atoms with E-state index >= 15 is 0 Å². The number of amidine groups is 1. The second-order valence-electron chi connectivity index (χ2n) is 6.86. The van der Waals surface area contributed by atoms with Crippen LogP contribution in [0.3, 0.4) is 0 Å². The number of ether oxygens (including phenoxy) is 3. The minimum absolute atomic E-state index is 0.0869. The lowest BCUT2D eigenvalue weighted by atomic mass is 9.77. The van der Waals surface area contributed by atoms with Gasteiger partial charge in [-0.1, -0.05) is 6.07 Å². The van der Waals surface area contributed by atoms with E-state index in [1.165, 1.54) is 12.3 Å². The number of benzene rings is 1. The first-order valence-electron chi connectivity index (χ1n) is 8.67. The average Bonchev–Trinajstić information content (AvgIpc) is 3.04.